The lowest BCUT2D eigenvalue weighted by Crippen LogP contribution is -2.50. The van der Waals surface area contributed by atoms with E-state index < -0.39 is 0 Å². The summed E-state index contributed by atoms with van der Waals surface area (Å²) in [6.07, 6.45) is 10.9. The summed E-state index contributed by atoms with van der Waals surface area (Å²) in [5.41, 5.74) is 6.19. The minimum atomic E-state index is 0.197. The average molecular weight is 264 g/mol. The molecule has 19 heavy (non-hydrogen) atoms. The monoisotopic (exact) mass is 264 g/mol. The Morgan fingerprint density at radius 2 is 1.95 bits per heavy atom. The fraction of sp³-hybridized carbons (Fsp3) is 0.938. The highest BCUT2D eigenvalue weighted by Gasteiger charge is 2.41. The summed E-state index contributed by atoms with van der Waals surface area (Å²) in [6, 6.07) is 0.488. The van der Waals surface area contributed by atoms with Gasteiger partial charge < -0.3 is 10.6 Å². The summed E-state index contributed by atoms with van der Waals surface area (Å²) in [4.78, 5) is 14.5. The zero-order chi connectivity index (χ0) is 13.4. The van der Waals surface area contributed by atoms with Gasteiger partial charge in [-0.1, -0.05) is 19.3 Å². The normalized spacial score (nSPS) is 41.5. The maximum atomic E-state index is 12.5. The Labute approximate surface area is 116 Å². The highest BCUT2D eigenvalue weighted by molar-refractivity contribution is 5.76. The van der Waals surface area contributed by atoms with Gasteiger partial charge in [-0.05, 0) is 49.9 Å². The van der Waals surface area contributed by atoms with Crippen LogP contribution in [0.2, 0.25) is 0 Å². The van der Waals surface area contributed by atoms with E-state index in [0.717, 1.165) is 31.1 Å². The molecule has 108 valence electrons. The highest BCUT2D eigenvalue weighted by Crippen LogP contribution is 2.49. The minimum Gasteiger partial charge on any atom is -0.341 e. The van der Waals surface area contributed by atoms with Crippen molar-refractivity contribution in [1.29, 1.82) is 0 Å². The van der Waals surface area contributed by atoms with Gasteiger partial charge in [0.2, 0.25) is 5.91 Å². The molecule has 3 aliphatic carbocycles. The fourth-order valence-corrected chi connectivity index (χ4v) is 4.80. The van der Waals surface area contributed by atoms with Gasteiger partial charge in [-0.2, -0.15) is 0 Å². The van der Waals surface area contributed by atoms with E-state index in [0.29, 0.717) is 17.9 Å². The van der Waals surface area contributed by atoms with Crippen LogP contribution in [-0.2, 0) is 4.79 Å². The Kier molecular flexibility index (Phi) is 3.84. The first kappa shape index (κ1) is 13.4. The van der Waals surface area contributed by atoms with Crippen molar-refractivity contribution >= 4 is 5.91 Å². The number of likely N-dealkylation sites (N-methyl/N-ethyl adjacent to an activating group) is 1. The minimum absolute atomic E-state index is 0.197. The molecule has 2 N–H and O–H groups in total. The topological polar surface area (TPSA) is 46.3 Å². The van der Waals surface area contributed by atoms with E-state index in [1.165, 1.54) is 38.5 Å². The highest BCUT2D eigenvalue weighted by atomic mass is 16.2. The van der Waals surface area contributed by atoms with Gasteiger partial charge >= 0.3 is 0 Å². The molecule has 1 amide bonds. The molecule has 3 fully saturated rings. The molecular formula is C16H28N2O. The summed E-state index contributed by atoms with van der Waals surface area (Å²) < 4.78 is 0. The molecule has 0 saturated heterocycles. The van der Waals surface area contributed by atoms with Crippen molar-refractivity contribution in [2.24, 2.45) is 23.5 Å². The first-order valence-electron chi connectivity index (χ1n) is 8.16. The predicted octanol–water partition coefficient (Wildman–Crippen LogP) is 2.54. The Morgan fingerprint density at radius 3 is 2.58 bits per heavy atom. The van der Waals surface area contributed by atoms with E-state index in [4.69, 9.17) is 5.73 Å². The van der Waals surface area contributed by atoms with Crippen molar-refractivity contribution < 1.29 is 4.79 Å². The second kappa shape index (κ2) is 5.43. The third kappa shape index (κ3) is 2.67. The van der Waals surface area contributed by atoms with Crippen LogP contribution < -0.4 is 5.73 Å². The van der Waals surface area contributed by atoms with E-state index in [9.17, 15) is 4.79 Å². The van der Waals surface area contributed by atoms with Crippen molar-refractivity contribution in [1.82, 2.24) is 4.90 Å². The molecule has 0 aromatic heterocycles. The largest absolute Gasteiger partial charge is 0.341 e. The number of amides is 1. The lowest BCUT2D eigenvalue weighted by atomic mass is 9.85. The van der Waals surface area contributed by atoms with Crippen LogP contribution in [0.1, 0.15) is 57.8 Å². The van der Waals surface area contributed by atoms with Gasteiger partial charge in [0.05, 0.1) is 0 Å². The summed E-state index contributed by atoms with van der Waals surface area (Å²) in [5, 5.41) is 0. The average Bonchev–Trinajstić information content (AvgIpc) is 3.00. The van der Waals surface area contributed by atoms with Crippen LogP contribution in [-0.4, -0.2) is 29.9 Å². The molecule has 3 rings (SSSR count). The predicted molar refractivity (Wildman–Crippen MR) is 76.6 cm³/mol. The number of hydrogen-bond donors (Lipinski definition) is 1. The first-order chi connectivity index (χ1) is 9.15. The second-order valence-electron chi connectivity index (χ2n) is 7.16. The lowest BCUT2D eigenvalue weighted by molar-refractivity contribution is -0.134. The number of fused-ring (bicyclic) bond motifs is 2. The Morgan fingerprint density at radius 1 is 1.16 bits per heavy atom. The third-order valence-corrected chi connectivity index (χ3v) is 5.99. The lowest BCUT2D eigenvalue weighted by Gasteiger charge is -2.37. The SMILES string of the molecule is CN(C(=O)CC1CC2CCC1C2)C1CCCCC1N. The summed E-state index contributed by atoms with van der Waals surface area (Å²) in [6.45, 7) is 0. The molecule has 3 nitrogen and oxygen atoms in total. The number of rotatable bonds is 3. The molecule has 3 heteroatoms. The summed E-state index contributed by atoms with van der Waals surface area (Å²) >= 11 is 0. The number of carbonyl (C=O) groups excluding carboxylic acids is 1. The van der Waals surface area contributed by atoms with E-state index in [1.54, 1.807) is 0 Å². The maximum Gasteiger partial charge on any atom is 0.222 e. The molecule has 5 unspecified atom stereocenters. The van der Waals surface area contributed by atoms with Crippen LogP contribution in [0, 0.1) is 17.8 Å². The Balaban J connectivity index is 1.54. The molecule has 2 bridgehead atoms. The van der Waals surface area contributed by atoms with E-state index in [2.05, 4.69) is 0 Å². The molecule has 0 spiro atoms. The molecule has 0 aromatic rings. The Bertz CT molecular complexity index is 344. The standard InChI is InChI=1S/C16H28N2O/c1-18(15-5-3-2-4-14(15)17)16(19)10-13-9-11-6-7-12(13)8-11/h11-15H,2-10,17H2,1H3. The van der Waals surface area contributed by atoms with Crippen LogP contribution in [0.3, 0.4) is 0 Å². The van der Waals surface area contributed by atoms with Gasteiger partial charge in [-0.15, -0.1) is 0 Å². The number of hydrogen-bond acceptors (Lipinski definition) is 2. The van der Waals surface area contributed by atoms with E-state index in [-0.39, 0.29) is 6.04 Å². The Hall–Kier alpha value is -0.570. The van der Waals surface area contributed by atoms with Crippen molar-refractivity contribution in [3.63, 3.8) is 0 Å². The van der Waals surface area contributed by atoms with Crippen molar-refractivity contribution in [2.75, 3.05) is 7.05 Å². The van der Waals surface area contributed by atoms with E-state index in [1.807, 2.05) is 11.9 Å². The van der Waals surface area contributed by atoms with Gasteiger partial charge in [0.1, 0.15) is 0 Å². The second-order valence-corrected chi connectivity index (χ2v) is 7.16. The summed E-state index contributed by atoms with van der Waals surface area (Å²) in [5.74, 6) is 2.81. The van der Waals surface area contributed by atoms with Crippen LogP contribution >= 0.6 is 0 Å². The number of nitrogens with zero attached hydrogens (tertiary/aromatic N) is 1. The molecule has 0 aromatic carbocycles. The van der Waals surface area contributed by atoms with Gasteiger partial charge in [-0.3, -0.25) is 4.79 Å². The molecule has 0 heterocycles. The number of carbonyl (C=O) groups is 1. The van der Waals surface area contributed by atoms with Crippen LogP contribution in [0.4, 0.5) is 0 Å². The maximum absolute atomic E-state index is 12.5. The smallest absolute Gasteiger partial charge is 0.222 e. The van der Waals surface area contributed by atoms with Crippen molar-refractivity contribution in [2.45, 2.75) is 69.9 Å². The molecular weight excluding hydrogens is 236 g/mol. The summed E-state index contributed by atoms with van der Waals surface area (Å²) in [7, 11) is 1.98. The molecule has 5 atom stereocenters. The van der Waals surface area contributed by atoms with Crippen LogP contribution in [0.15, 0.2) is 0 Å². The van der Waals surface area contributed by atoms with Gasteiger partial charge in [0.25, 0.3) is 0 Å². The van der Waals surface area contributed by atoms with Crippen LogP contribution in [0.5, 0.6) is 0 Å². The van der Waals surface area contributed by atoms with Crippen molar-refractivity contribution in [3.05, 3.63) is 0 Å². The number of nitrogens with two attached hydrogens (primary N) is 1. The third-order valence-electron chi connectivity index (χ3n) is 5.99. The fourth-order valence-electron chi connectivity index (χ4n) is 4.80. The van der Waals surface area contributed by atoms with Gasteiger partial charge in [0, 0.05) is 25.6 Å². The first-order valence-corrected chi connectivity index (χ1v) is 8.16. The van der Waals surface area contributed by atoms with Crippen molar-refractivity contribution in [3.8, 4) is 0 Å². The zero-order valence-corrected chi connectivity index (χ0v) is 12.2. The quantitative estimate of drug-likeness (QED) is 0.851. The van der Waals surface area contributed by atoms with Gasteiger partial charge in [-0.25, -0.2) is 0 Å². The molecule has 0 aliphatic heterocycles. The van der Waals surface area contributed by atoms with Gasteiger partial charge in [0.15, 0.2) is 0 Å². The molecule has 3 saturated carbocycles. The van der Waals surface area contributed by atoms with E-state index >= 15 is 0 Å². The molecule has 0 radical (unpaired) electrons. The van der Waals surface area contributed by atoms with Crippen LogP contribution in [0.25, 0.3) is 0 Å². The zero-order valence-electron chi connectivity index (χ0n) is 12.2. The molecule has 3 aliphatic rings.